The van der Waals surface area contributed by atoms with Gasteiger partial charge in [0, 0.05) is 0 Å². The summed E-state index contributed by atoms with van der Waals surface area (Å²) >= 11 is -2.02. The first-order valence-electron chi connectivity index (χ1n) is 10.4. The molecule has 164 valence electrons. The van der Waals surface area contributed by atoms with Crippen LogP contribution in [-0.2, 0) is 20.4 Å². The zero-order valence-corrected chi connectivity index (χ0v) is 24.1. The molecule has 2 atom stereocenters. The smallest absolute Gasteiger partial charge is 0.147 e. The molecule has 0 N–H and O–H groups in total. The van der Waals surface area contributed by atoms with Gasteiger partial charge in [0.1, 0.15) is 0 Å². The molecule has 2 aliphatic carbocycles. The molecule has 5 heteroatoms. The number of fused-ring (bicyclic) bond motifs is 1. The molecule has 0 saturated heterocycles. The fourth-order valence-electron chi connectivity index (χ4n) is 5.06. The van der Waals surface area contributed by atoms with Gasteiger partial charge < -0.3 is 0 Å². The van der Waals surface area contributed by atoms with Crippen LogP contribution < -0.4 is 0 Å². The molecule has 2 unspecified atom stereocenters. The number of hydrogen-bond donors (Lipinski definition) is 0. The summed E-state index contributed by atoms with van der Waals surface area (Å²) in [6.07, 6.45) is 2.45. The molecular formula is C26H31Cl2FSiZr. The number of allylic oxidation sites excluding steroid dienone is 5. The Morgan fingerprint density at radius 2 is 1.42 bits per heavy atom. The summed E-state index contributed by atoms with van der Waals surface area (Å²) in [7, 11) is 0. The second-order valence-corrected chi connectivity index (χ2v) is 26.1. The topological polar surface area (TPSA) is 0 Å². The van der Waals surface area contributed by atoms with E-state index in [9.17, 15) is 4.39 Å². The van der Waals surface area contributed by atoms with Crippen LogP contribution in [0.1, 0.15) is 48.0 Å². The van der Waals surface area contributed by atoms with Crippen LogP contribution in [0.3, 0.4) is 0 Å². The Balaban J connectivity index is 0.00000171. The van der Waals surface area contributed by atoms with Gasteiger partial charge in [-0.1, -0.05) is 0 Å². The molecule has 2 aromatic carbocycles. The van der Waals surface area contributed by atoms with Crippen molar-refractivity contribution in [1.82, 2.24) is 0 Å². The van der Waals surface area contributed by atoms with Crippen LogP contribution >= 0.6 is 24.8 Å². The molecule has 0 bridgehead atoms. The van der Waals surface area contributed by atoms with Gasteiger partial charge in [-0.15, -0.1) is 24.8 Å². The van der Waals surface area contributed by atoms with Gasteiger partial charge in [-0.2, -0.15) is 0 Å². The molecule has 0 aliphatic heterocycles. The third kappa shape index (κ3) is 4.54. The molecule has 0 spiro atoms. The molecule has 0 aromatic heterocycles. The molecule has 0 saturated carbocycles. The van der Waals surface area contributed by atoms with E-state index >= 15 is 0 Å². The molecule has 2 aromatic rings. The molecular weight excluding hydrogens is 522 g/mol. The van der Waals surface area contributed by atoms with E-state index in [0.29, 0.717) is 9.54 Å². The average Bonchev–Trinajstić information content (AvgIpc) is 3.16. The summed E-state index contributed by atoms with van der Waals surface area (Å²) in [5.74, 6) is 0.471. The van der Waals surface area contributed by atoms with E-state index in [1.54, 1.807) is 23.3 Å². The Labute approximate surface area is 206 Å². The quantitative estimate of drug-likeness (QED) is 0.336. The van der Waals surface area contributed by atoms with E-state index in [4.69, 9.17) is 0 Å². The van der Waals surface area contributed by atoms with E-state index in [-0.39, 0.29) is 30.6 Å². The summed E-state index contributed by atoms with van der Waals surface area (Å²) in [4.78, 5) is 0. The van der Waals surface area contributed by atoms with Gasteiger partial charge in [0.25, 0.3) is 0 Å². The zero-order chi connectivity index (χ0) is 20.9. The number of benzene rings is 2. The maximum absolute atomic E-state index is 14.7. The number of rotatable bonds is 3. The van der Waals surface area contributed by atoms with Crippen molar-refractivity contribution in [3.8, 4) is 0 Å². The van der Waals surface area contributed by atoms with Gasteiger partial charge in [0.2, 0.25) is 0 Å². The predicted molar refractivity (Wildman–Crippen MR) is 135 cm³/mol. The fraction of sp³-hybridized carbons (Fsp3) is 0.308. The summed E-state index contributed by atoms with van der Waals surface area (Å²) in [6, 6.07) is 16.0. The van der Waals surface area contributed by atoms with Gasteiger partial charge in [-0.3, -0.25) is 0 Å². The van der Waals surface area contributed by atoms with E-state index in [1.165, 1.54) is 16.7 Å². The van der Waals surface area contributed by atoms with Gasteiger partial charge in [0.15, 0.2) is 0 Å². The number of halogens is 3. The van der Waals surface area contributed by atoms with Crippen LogP contribution in [0.15, 0.2) is 74.6 Å². The third-order valence-corrected chi connectivity index (χ3v) is 25.4. The molecule has 31 heavy (non-hydrogen) atoms. The minimum atomic E-state index is -2.02. The summed E-state index contributed by atoms with van der Waals surface area (Å²) < 4.78 is 17.0. The van der Waals surface area contributed by atoms with Gasteiger partial charge in [-0.25, -0.2) is 0 Å². The first-order valence-corrected chi connectivity index (χ1v) is 19.3. The first kappa shape index (κ1) is 26.5. The normalized spacial score (nSPS) is 19.5. The molecule has 2 aliphatic rings. The van der Waals surface area contributed by atoms with Crippen LogP contribution in [-0.4, -0.2) is 5.43 Å². The van der Waals surface area contributed by atoms with E-state index < -0.39 is 25.8 Å². The van der Waals surface area contributed by atoms with Gasteiger partial charge in [-0.05, 0) is 0 Å². The van der Waals surface area contributed by atoms with Crippen LogP contribution in [0.5, 0.6) is 0 Å². The average molecular weight is 553 g/mol. The monoisotopic (exact) mass is 550 g/mol. The molecule has 0 heterocycles. The van der Waals surface area contributed by atoms with Crippen LogP contribution in [0, 0.1) is 11.7 Å². The van der Waals surface area contributed by atoms with E-state index in [0.717, 1.165) is 11.1 Å². The Morgan fingerprint density at radius 3 is 1.97 bits per heavy atom. The minimum absolute atomic E-state index is 0. The molecule has 0 nitrogen and oxygen atoms in total. The van der Waals surface area contributed by atoms with Crippen molar-refractivity contribution in [2.75, 3.05) is 0 Å². The van der Waals surface area contributed by atoms with Crippen LogP contribution in [0.25, 0.3) is 5.57 Å². The van der Waals surface area contributed by atoms with Crippen molar-refractivity contribution >= 4 is 35.8 Å². The SMILES string of the molecule is CC1=C(C)C(C)[C]([Zr]([CH]2C=C(c3ccccc3F)c3ccccc32)=[Si](C)C)=C1C.Cl.Cl. The first-order chi connectivity index (χ1) is 13.8. The Kier molecular flexibility index (Phi) is 8.96. The second kappa shape index (κ2) is 10.5. The summed E-state index contributed by atoms with van der Waals surface area (Å²) in [5, 5.41) is 0. The van der Waals surface area contributed by atoms with Crippen LogP contribution in [0.2, 0.25) is 13.1 Å². The molecule has 4 rings (SSSR count). The van der Waals surface area contributed by atoms with Crippen molar-refractivity contribution < 1.29 is 24.8 Å². The third-order valence-electron chi connectivity index (χ3n) is 6.86. The fourth-order valence-corrected chi connectivity index (χ4v) is 24.7. The van der Waals surface area contributed by atoms with Gasteiger partial charge >= 0.3 is 183 Å². The maximum Gasteiger partial charge on any atom is -0.147 e. The molecule has 0 radical (unpaired) electrons. The van der Waals surface area contributed by atoms with Crippen LogP contribution in [0.4, 0.5) is 4.39 Å². The maximum atomic E-state index is 14.7. The van der Waals surface area contributed by atoms with Crippen molar-refractivity contribution in [3.63, 3.8) is 0 Å². The summed E-state index contributed by atoms with van der Waals surface area (Å²) in [6.45, 7) is 14.4. The molecule has 0 fully saturated rings. The largest absolute Gasteiger partial charge is 0.147 e. The van der Waals surface area contributed by atoms with E-state index in [2.05, 4.69) is 71.1 Å². The Bertz CT molecular complexity index is 1140. The molecule has 0 amide bonds. The Hall–Kier alpha value is -0.730. The second-order valence-electron chi connectivity index (χ2n) is 8.61. The Morgan fingerprint density at radius 1 is 0.839 bits per heavy atom. The standard InChI is InChI=1S/C15H10F.C9H13.C2H6Si.2ClH.Zr/c16-15-8-4-3-7-14(15)13-10-9-11-5-1-2-6-12(11)13;1-6-5-7(2)9(4)8(6)3;1-3-2;;;/h1-10H;6H,1-4H3;1-2H3;2*1H;. The predicted octanol–water partition coefficient (Wildman–Crippen LogP) is 8.29. The van der Waals surface area contributed by atoms with Gasteiger partial charge in [0.05, 0.1) is 0 Å². The summed E-state index contributed by atoms with van der Waals surface area (Å²) in [5.41, 5.74) is 8.76. The minimum Gasteiger partial charge on any atom is -0.147 e. The number of hydrogen-bond acceptors (Lipinski definition) is 0. The van der Waals surface area contributed by atoms with Crippen molar-refractivity contribution in [2.24, 2.45) is 5.92 Å². The van der Waals surface area contributed by atoms with E-state index in [1.807, 2.05) is 15.4 Å². The zero-order valence-electron chi connectivity index (χ0n) is 19.0. The van der Waals surface area contributed by atoms with Crippen molar-refractivity contribution in [2.45, 2.75) is 44.4 Å². The van der Waals surface area contributed by atoms with Crippen molar-refractivity contribution in [1.29, 1.82) is 0 Å². The van der Waals surface area contributed by atoms with Crippen molar-refractivity contribution in [3.05, 3.63) is 97.1 Å².